The smallest absolute Gasteiger partial charge is 0.270 e. The van der Waals surface area contributed by atoms with E-state index in [0.29, 0.717) is 94.4 Å². The van der Waals surface area contributed by atoms with E-state index in [-0.39, 0.29) is 23.0 Å². The molecule has 0 unspecified atom stereocenters. The lowest BCUT2D eigenvalue weighted by Crippen LogP contribution is -2.49. The molecule has 1 aromatic carbocycles. The first-order valence-corrected chi connectivity index (χ1v) is 15.7. The van der Waals surface area contributed by atoms with Crippen LogP contribution >= 0.6 is 0 Å². The van der Waals surface area contributed by atoms with E-state index < -0.39 is 11.6 Å². The lowest BCUT2D eigenvalue weighted by molar-refractivity contribution is -0.131. The number of pyridine rings is 1. The Labute approximate surface area is 270 Å². The minimum absolute atomic E-state index is 0.00665. The number of hydrogen-bond donors (Lipinski definition) is 3. The van der Waals surface area contributed by atoms with E-state index in [1.807, 2.05) is 29.3 Å². The number of rotatable bonds is 8. The summed E-state index contributed by atoms with van der Waals surface area (Å²) in [4.78, 5) is 39.6. The van der Waals surface area contributed by atoms with Crippen LogP contribution in [0.1, 0.15) is 34.5 Å². The molecule has 14 heteroatoms. The maximum atomic E-state index is 16.4. The highest BCUT2D eigenvalue weighted by molar-refractivity contribution is 6.03. The average Bonchev–Trinajstić information content (AvgIpc) is 3.91. The summed E-state index contributed by atoms with van der Waals surface area (Å²) < 4.78 is 41.0. The van der Waals surface area contributed by atoms with Crippen LogP contribution in [-0.4, -0.2) is 103 Å². The number of benzene rings is 1. The van der Waals surface area contributed by atoms with Gasteiger partial charge >= 0.3 is 0 Å². The third kappa shape index (κ3) is 6.13. The van der Waals surface area contributed by atoms with Gasteiger partial charge in [-0.3, -0.25) is 14.6 Å². The SMILES string of the molecule is COc1cc(F)cnc1N1CCN(C(=O)c2cc3c(C4=CCOC4)cc(C4=CCCN(C(=O)CCN5C=CNN5)C4)c(F)c3[nH]2)CC1. The average molecular weight is 647 g/mol. The van der Waals surface area contributed by atoms with Gasteiger partial charge in [-0.25, -0.2) is 13.8 Å². The Balaban J connectivity index is 1.12. The number of hydrazine groups is 2. The van der Waals surface area contributed by atoms with Crippen LogP contribution in [0.3, 0.4) is 0 Å². The zero-order valence-electron chi connectivity index (χ0n) is 26.0. The summed E-state index contributed by atoms with van der Waals surface area (Å²) in [7, 11) is 1.47. The Morgan fingerprint density at radius 1 is 1.02 bits per heavy atom. The number of carbonyl (C=O) groups is 2. The molecule has 3 N–H and O–H groups in total. The second-order valence-electron chi connectivity index (χ2n) is 11.8. The molecule has 0 saturated carbocycles. The van der Waals surface area contributed by atoms with Crippen LogP contribution in [0.4, 0.5) is 14.6 Å². The molecule has 0 spiro atoms. The quantitative estimate of drug-likeness (QED) is 0.340. The van der Waals surface area contributed by atoms with E-state index in [4.69, 9.17) is 9.47 Å². The van der Waals surface area contributed by atoms with Gasteiger partial charge in [-0.05, 0) is 35.3 Å². The fourth-order valence-corrected chi connectivity index (χ4v) is 6.48. The number of anilines is 1. The molecular weight excluding hydrogens is 610 g/mol. The number of fused-ring (bicyclic) bond motifs is 1. The van der Waals surface area contributed by atoms with Crippen molar-refractivity contribution in [2.24, 2.45) is 0 Å². The van der Waals surface area contributed by atoms with Crippen LogP contribution in [0.2, 0.25) is 0 Å². The van der Waals surface area contributed by atoms with Crippen LogP contribution in [0.5, 0.6) is 5.75 Å². The topological polar surface area (TPSA) is 118 Å². The number of amides is 2. The van der Waals surface area contributed by atoms with Crippen LogP contribution in [0.15, 0.2) is 48.9 Å². The first-order valence-electron chi connectivity index (χ1n) is 15.7. The molecule has 0 bridgehead atoms. The van der Waals surface area contributed by atoms with Crippen molar-refractivity contribution in [1.29, 1.82) is 0 Å². The molecule has 2 amide bonds. The van der Waals surface area contributed by atoms with E-state index in [2.05, 4.69) is 20.9 Å². The van der Waals surface area contributed by atoms with Crippen molar-refractivity contribution in [3.63, 3.8) is 0 Å². The molecule has 7 rings (SSSR count). The molecule has 0 atom stereocenters. The van der Waals surface area contributed by atoms with Gasteiger partial charge in [0.1, 0.15) is 11.5 Å². The Morgan fingerprint density at radius 3 is 2.62 bits per heavy atom. The van der Waals surface area contributed by atoms with Gasteiger partial charge in [0.05, 0.1) is 32.0 Å². The van der Waals surface area contributed by atoms with Gasteiger partial charge in [-0.2, -0.15) is 0 Å². The van der Waals surface area contributed by atoms with Gasteiger partial charge in [0.25, 0.3) is 5.91 Å². The zero-order valence-corrected chi connectivity index (χ0v) is 26.0. The number of nitrogens with one attached hydrogen (secondary N) is 3. The molecule has 0 aliphatic carbocycles. The third-order valence-electron chi connectivity index (χ3n) is 8.98. The highest BCUT2D eigenvalue weighted by Crippen LogP contribution is 2.36. The van der Waals surface area contributed by atoms with E-state index in [1.54, 1.807) is 27.1 Å². The number of aromatic nitrogens is 2. The molecule has 47 heavy (non-hydrogen) atoms. The van der Waals surface area contributed by atoms with Gasteiger partial charge < -0.3 is 34.6 Å². The number of halogens is 2. The van der Waals surface area contributed by atoms with Gasteiger partial charge in [-0.1, -0.05) is 12.2 Å². The van der Waals surface area contributed by atoms with Crippen LogP contribution in [0.25, 0.3) is 22.0 Å². The van der Waals surface area contributed by atoms with E-state index >= 15 is 4.39 Å². The second-order valence-corrected chi connectivity index (χ2v) is 11.8. The van der Waals surface area contributed by atoms with Crippen molar-refractivity contribution in [3.8, 4) is 5.75 Å². The summed E-state index contributed by atoms with van der Waals surface area (Å²) in [5, 5.41) is 2.40. The van der Waals surface area contributed by atoms with Crippen molar-refractivity contribution < 1.29 is 27.8 Å². The molecule has 2 aromatic heterocycles. The van der Waals surface area contributed by atoms with Crippen molar-refractivity contribution in [2.75, 3.05) is 71.0 Å². The predicted octanol–water partition coefficient (Wildman–Crippen LogP) is 3.03. The number of carbonyl (C=O) groups excluding carboxylic acids is 2. The maximum Gasteiger partial charge on any atom is 0.270 e. The predicted molar refractivity (Wildman–Crippen MR) is 172 cm³/mol. The zero-order chi connectivity index (χ0) is 32.5. The molecule has 1 saturated heterocycles. The van der Waals surface area contributed by atoms with E-state index in [1.165, 1.54) is 13.2 Å². The van der Waals surface area contributed by atoms with Crippen molar-refractivity contribution in [2.45, 2.75) is 12.8 Å². The molecule has 12 nitrogen and oxygen atoms in total. The summed E-state index contributed by atoms with van der Waals surface area (Å²) in [6, 6.07) is 4.83. The normalized spacial score (nSPS) is 18.1. The van der Waals surface area contributed by atoms with Gasteiger partial charge in [-0.15, -0.1) is 5.53 Å². The molecule has 246 valence electrons. The maximum absolute atomic E-state index is 16.4. The fourth-order valence-electron chi connectivity index (χ4n) is 6.48. The van der Waals surface area contributed by atoms with E-state index in [9.17, 15) is 14.0 Å². The standard InChI is InChI=1S/C33H36F2N8O4/c1-46-28-15-23(34)18-36-32(28)40-10-12-41(13-11-40)33(45)27-17-26-24(22-5-14-47-20-22)16-25(30(35)31(26)38-27)21-3-2-7-42(19-21)29(44)4-8-43-9-6-37-39-43/h3,5-6,9,15-18,37-39H,2,4,7-8,10-14,19-20H2,1H3. The number of H-pyrrole nitrogens is 1. The van der Waals surface area contributed by atoms with Crippen molar-refractivity contribution in [1.82, 2.24) is 35.7 Å². The molecule has 4 aliphatic rings. The highest BCUT2D eigenvalue weighted by atomic mass is 19.1. The molecule has 3 aromatic rings. The minimum atomic E-state index is -0.486. The molecule has 1 fully saturated rings. The summed E-state index contributed by atoms with van der Waals surface area (Å²) in [5.41, 5.74) is 9.17. The highest BCUT2D eigenvalue weighted by Gasteiger charge is 2.29. The second kappa shape index (κ2) is 13.0. The summed E-state index contributed by atoms with van der Waals surface area (Å²) >= 11 is 0. The Morgan fingerprint density at radius 2 is 1.87 bits per heavy atom. The largest absolute Gasteiger partial charge is 0.493 e. The number of nitrogens with zero attached hydrogens (tertiary/aromatic N) is 5. The first-order chi connectivity index (χ1) is 22.9. The minimum Gasteiger partial charge on any atom is -0.493 e. The summed E-state index contributed by atoms with van der Waals surface area (Å²) in [6.45, 7) is 3.94. The molecule has 4 aliphatic heterocycles. The van der Waals surface area contributed by atoms with Gasteiger partial charge in [0, 0.05) is 81.7 Å². The van der Waals surface area contributed by atoms with E-state index in [0.717, 1.165) is 22.9 Å². The monoisotopic (exact) mass is 646 g/mol. The van der Waals surface area contributed by atoms with Gasteiger partial charge in [0.2, 0.25) is 5.91 Å². The fraction of sp³-hybridized carbons (Fsp3) is 0.364. The van der Waals surface area contributed by atoms with Crippen molar-refractivity contribution in [3.05, 3.63) is 77.4 Å². The third-order valence-corrected chi connectivity index (χ3v) is 8.98. The number of ether oxygens (including phenoxy) is 2. The lowest BCUT2D eigenvalue weighted by Gasteiger charge is -2.35. The Kier molecular flexibility index (Phi) is 8.52. The Hall–Kier alpha value is -4.95. The summed E-state index contributed by atoms with van der Waals surface area (Å²) in [5.74, 6) is -0.338. The van der Waals surface area contributed by atoms with Crippen LogP contribution < -0.4 is 20.6 Å². The summed E-state index contributed by atoms with van der Waals surface area (Å²) in [6.07, 6.45) is 9.61. The van der Waals surface area contributed by atoms with Crippen LogP contribution in [0, 0.1) is 11.6 Å². The number of piperazine rings is 1. The molecule has 0 radical (unpaired) electrons. The lowest BCUT2D eigenvalue weighted by atomic mass is 9.93. The molecular formula is C33H36F2N8O4. The number of aromatic amines is 1. The van der Waals surface area contributed by atoms with Crippen LogP contribution in [-0.2, 0) is 9.53 Å². The van der Waals surface area contributed by atoms with Gasteiger partial charge in [0.15, 0.2) is 17.4 Å². The Bertz CT molecular complexity index is 1800. The number of methoxy groups -OCH3 is 1. The van der Waals surface area contributed by atoms with Crippen molar-refractivity contribution >= 4 is 39.7 Å². The molecule has 6 heterocycles. The first kappa shape index (κ1) is 30.7. The number of hydrogen-bond acceptors (Lipinski definition) is 9.